The average Bonchev–Trinajstić information content (AvgIpc) is 3.18. The van der Waals surface area contributed by atoms with E-state index in [1.54, 1.807) is 24.3 Å². The van der Waals surface area contributed by atoms with Crippen LogP contribution in [0.25, 0.3) is 0 Å². The molecule has 1 amide bonds. The highest BCUT2D eigenvalue weighted by Crippen LogP contribution is 2.49. The molecule has 0 aliphatic heterocycles. The van der Waals surface area contributed by atoms with Crippen molar-refractivity contribution in [2.24, 2.45) is 17.8 Å². The van der Waals surface area contributed by atoms with Crippen molar-refractivity contribution in [1.29, 1.82) is 5.26 Å². The molecule has 1 aromatic rings. The molecule has 2 bridgehead atoms. The van der Waals surface area contributed by atoms with E-state index in [1.165, 1.54) is 19.3 Å². The largest absolute Gasteiger partial charge is 0.456 e. The molecule has 3 rings (SSSR count). The number of hydrogen-bond donors (Lipinski definition) is 1. The summed E-state index contributed by atoms with van der Waals surface area (Å²) in [5, 5.41) is 11.3. The quantitative estimate of drug-likeness (QED) is 0.815. The van der Waals surface area contributed by atoms with Crippen LogP contribution in [-0.2, 0) is 20.7 Å². The number of nitriles is 1. The number of rotatable bonds is 6. The van der Waals surface area contributed by atoms with E-state index in [0.29, 0.717) is 30.4 Å². The van der Waals surface area contributed by atoms with E-state index in [9.17, 15) is 9.59 Å². The summed E-state index contributed by atoms with van der Waals surface area (Å²) < 4.78 is 5.11. The molecule has 0 heterocycles. The van der Waals surface area contributed by atoms with Gasteiger partial charge in [-0.15, -0.1) is 0 Å². The van der Waals surface area contributed by atoms with E-state index in [4.69, 9.17) is 10.00 Å². The van der Waals surface area contributed by atoms with Crippen LogP contribution in [0.4, 0.5) is 5.69 Å². The molecule has 2 aliphatic carbocycles. The Hall–Kier alpha value is -2.35. The molecule has 5 heteroatoms. The van der Waals surface area contributed by atoms with Crippen LogP contribution < -0.4 is 5.32 Å². The van der Waals surface area contributed by atoms with Crippen LogP contribution in [0.1, 0.15) is 37.7 Å². The SMILES string of the molecule is N#CCc1ccc(NC(=O)COC(=O)C[C@@H]2C[C@@H]3CC[C@@H]2C3)cc1. The molecule has 0 aromatic heterocycles. The highest BCUT2D eigenvalue weighted by Gasteiger charge is 2.40. The van der Waals surface area contributed by atoms with Gasteiger partial charge in [-0.1, -0.05) is 18.6 Å². The van der Waals surface area contributed by atoms with Gasteiger partial charge in [0, 0.05) is 12.1 Å². The number of hydrogen-bond acceptors (Lipinski definition) is 4. The first-order valence-electron chi connectivity index (χ1n) is 8.55. The smallest absolute Gasteiger partial charge is 0.306 e. The second kappa shape index (κ2) is 7.48. The van der Waals surface area contributed by atoms with Crippen LogP contribution in [0, 0.1) is 29.1 Å². The van der Waals surface area contributed by atoms with Crippen LogP contribution in [0.3, 0.4) is 0 Å². The Morgan fingerprint density at radius 2 is 2.00 bits per heavy atom. The predicted octanol–water partition coefficient (Wildman–Crippen LogP) is 3.06. The Labute approximate surface area is 142 Å². The van der Waals surface area contributed by atoms with E-state index in [2.05, 4.69) is 11.4 Å². The number of carbonyl (C=O) groups excluding carboxylic acids is 2. The van der Waals surface area contributed by atoms with E-state index in [0.717, 1.165) is 17.9 Å². The molecule has 1 aromatic carbocycles. The minimum Gasteiger partial charge on any atom is -0.456 e. The van der Waals surface area contributed by atoms with Gasteiger partial charge in [0.15, 0.2) is 6.61 Å². The molecular formula is C19H22N2O3. The Bertz CT molecular complexity index is 648. The third-order valence-corrected chi connectivity index (χ3v) is 5.20. The number of nitrogens with one attached hydrogen (secondary N) is 1. The monoisotopic (exact) mass is 326 g/mol. The summed E-state index contributed by atoms with van der Waals surface area (Å²) in [4.78, 5) is 23.8. The maximum atomic E-state index is 11.9. The summed E-state index contributed by atoms with van der Waals surface area (Å²) in [5.41, 5.74) is 1.53. The van der Waals surface area contributed by atoms with Gasteiger partial charge in [-0.25, -0.2) is 0 Å². The van der Waals surface area contributed by atoms with E-state index < -0.39 is 0 Å². The van der Waals surface area contributed by atoms with Crippen molar-refractivity contribution in [3.05, 3.63) is 29.8 Å². The summed E-state index contributed by atoms with van der Waals surface area (Å²) >= 11 is 0. The van der Waals surface area contributed by atoms with Crippen molar-refractivity contribution in [2.75, 3.05) is 11.9 Å². The van der Waals surface area contributed by atoms with Crippen molar-refractivity contribution in [3.8, 4) is 6.07 Å². The van der Waals surface area contributed by atoms with E-state index in [-0.39, 0.29) is 18.5 Å². The van der Waals surface area contributed by atoms with Gasteiger partial charge in [0.2, 0.25) is 0 Å². The topological polar surface area (TPSA) is 79.2 Å². The number of fused-ring (bicyclic) bond motifs is 2. The second-order valence-corrected chi connectivity index (χ2v) is 6.88. The fourth-order valence-electron chi connectivity index (χ4n) is 4.04. The number of carbonyl (C=O) groups is 2. The summed E-state index contributed by atoms with van der Waals surface area (Å²) in [6.07, 6.45) is 5.74. The van der Waals surface area contributed by atoms with Gasteiger partial charge in [0.25, 0.3) is 5.91 Å². The standard InChI is InChI=1S/C19H22N2O3/c20-8-7-13-2-5-17(6-3-13)21-18(22)12-24-19(23)11-16-10-14-1-4-15(16)9-14/h2-3,5-6,14-16H,1,4,7,9-12H2,(H,21,22)/t14-,15-,16+/m1/s1. The lowest BCUT2D eigenvalue weighted by Crippen LogP contribution is -2.23. The van der Waals surface area contributed by atoms with Gasteiger partial charge in [0.05, 0.1) is 12.5 Å². The van der Waals surface area contributed by atoms with Crippen molar-refractivity contribution in [3.63, 3.8) is 0 Å². The maximum Gasteiger partial charge on any atom is 0.306 e. The third kappa shape index (κ3) is 4.14. The lowest BCUT2D eigenvalue weighted by atomic mass is 9.86. The zero-order chi connectivity index (χ0) is 16.9. The van der Waals surface area contributed by atoms with Gasteiger partial charge in [-0.3, -0.25) is 9.59 Å². The van der Waals surface area contributed by atoms with Crippen molar-refractivity contribution < 1.29 is 14.3 Å². The summed E-state index contributed by atoms with van der Waals surface area (Å²) in [7, 11) is 0. The number of nitrogens with zero attached hydrogens (tertiary/aromatic N) is 1. The fourth-order valence-corrected chi connectivity index (χ4v) is 4.04. The van der Waals surface area contributed by atoms with Gasteiger partial charge in [-0.05, 0) is 54.7 Å². The summed E-state index contributed by atoms with van der Waals surface area (Å²) in [6.45, 7) is -0.250. The lowest BCUT2D eigenvalue weighted by molar-refractivity contribution is -0.148. The van der Waals surface area contributed by atoms with Crippen LogP contribution in [-0.4, -0.2) is 18.5 Å². The molecule has 3 atom stereocenters. The van der Waals surface area contributed by atoms with Crippen LogP contribution >= 0.6 is 0 Å². The highest BCUT2D eigenvalue weighted by atomic mass is 16.5. The normalized spacial score (nSPS) is 24.4. The minimum atomic E-state index is -0.343. The molecule has 2 saturated carbocycles. The molecule has 24 heavy (non-hydrogen) atoms. The number of ether oxygens (including phenoxy) is 1. The molecular weight excluding hydrogens is 304 g/mol. The molecule has 5 nitrogen and oxygen atoms in total. The molecule has 2 aliphatic rings. The summed E-state index contributed by atoms with van der Waals surface area (Å²) in [5.74, 6) is 1.33. The molecule has 1 N–H and O–H groups in total. The second-order valence-electron chi connectivity index (χ2n) is 6.88. The van der Waals surface area contributed by atoms with Gasteiger partial charge in [0.1, 0.15) is 0 Å². The Kier molecular flexibility index (Phi) is 5.14. The first kappa shape index (κ1) is 16.5. The first-order chi connectivity index (χ1) is 11.6. The van der Waals surface area contributed by atoms with Gasteiger partial charge >= 0.3 is 5.97 Å². The predicted molar refractivity (Wildman–Crippen MR) is 88.9 cm³/mol. The number of esters is 1. The van der Waals surface area contributed by atoms with E-state index >= 15 is 0 Å². The number of amides is 1. The lowest BCUT2D eigenvalue weighted by Gasteiger charge is -2.20. The average molecular weight is 326 g/mol. The Morgan fingerprint density at radius 1 is 1.21 bits per heavy atom. The zero-order valence-corrected chi connectivity index (χ0v) is 13.7. The van der Waals surface area contributed by atoms with Crippen LogP contribution in [0.5, 0.6) is 0 Å². The minimum absolute atomic E-state index is 0.250. The first-order valence-corrected chi connectivity index (χ1v) is 8.55. The molecule has 0 radical (unpaired) electrons. The van der Waals surface area contributed by atoms with Gasteiger partial charge in [-0.2, -0.15) is 5.26 Å². The molecule has 0 unspecified atom stereocenters. The Morgan fingerprint density at radius 3 is 2.62 bits per heavy atom. The zero-order valence-electron chi connectivity index (χ0n) is 13.7. The van der Waals surface area contributed by atoms with Crippen LogP contribution in [0.15, 0.2) is 24.3 Å². The number of anilines is 1. The third-order valence-electron chi connectivity index (χ3n) is 5.20. The van der Waals surface area contributed by atoms with Gasteiger partial charge < -0.3 is 10.1 Å². The van der Waals surface area contributed by atoms with Crippen molar-refractivity contribution in [1.82, 2.24) is 0 Å². The molecule has 0 saturated heterocycles. The fraction of sp³-hybridized carbons (Fsp3) is 0.526. The molecule has 0 spiro atoms. The summed E-state index contributed by atoms with van der Waals surface area (Å²) in [6, 6.07) is 9.13. The maximum absolute atomic E-state index is 11.9. The van der Waals surface area contributed by atoms with Crippen molar-refractivity contribution in [2.45, 2.75) is 38.5 Å². The molecule has 126 valence electrons. The Balaban J connectivity index is 1.39. The molecule has 2 fully saturated rings. The van der Waals surface area contributed by atoms with Crippen LogP contribution in [0.2, 0.25) is 0 Å². The highest BCUT2D eigenvalue weighted by molar-refractivity contribution is 5.92. The van der Waals surface area contributed by atoms with Crippen molar-refractivity contribution >= 4 is 17.6 Å². The van der Waals surface area contributed by atoms with E-state index in [1.807, 2.05) is 0 Å². The number of benzene rings is 1.